The van der Waals surface area contributed by atoms with Gasteiger partial charge in [-0.15, -0.1) is 0 Å². The van der Waals surface area contributed by atoms with Gasteiger partial charge in [-0.2, -0.15) is 0 Å². The van der Waals surface area contributed by atoms with Crippen LogP contribution in [0.5, 0.6) is 0 Å². The minimum absolute atomic E-state index is 0.175. The molecular weight excluding hydrogens is 484 g/mol. The van der Waals surface area contributed by atoms with Crippen LogP contribution in [0.1, 0.15) is 37.9 Å². The number of hydrogen-bond acceptors (Lipinski definition) is 6. The fourth-order valence-corrected chi connectivity index (χ4v) is 4.83. The highest BCUT2D eigenvalue weighted by molar-refractivity contribution is 5.91. The molecule has 202 valence electrons. The second-order valence-electron chi connectivity index (χ2n) is 9.78. The first kappa shape index (κ1) is 27.2. The van der Waals surface area contributed by atoms with E-state index < -0.39 is 12.4 Å². The van der Waals surface area contributed by atoms with E-state index >= 15 is 0 Å². The second kappa shape index (κ2) is 12.1. The van der Waals surface area contributed by atoms with Crippen molar-refractivity contribution >= 4 is 23.7 Å². The van der Waals surface area contributed by atoms with Crippen LogP contribution < -0.4 is 16.0 Å². The summed E-state index contributed by atoms with van der Waals surface area (Å²) in [5, 5.41) is 9.01. The maximum atomic E-state index is 13.2. The van der Waals surface area contributed by atoms with Gasteiger partial charge >= 0.3 is 12.1 Å². The number of rotatable bonds is 8. The van der Waals surface area contributed by atoms with Crippen LogP contribution in [-0.2, 0) is 16.1 Å². The summed E-state index contributed by atoms with van der Waals surface area (Å²) in [5.74, 6) is -0.175. The standard InChI is InChI=1S/C28H36N6O4/c1-5-29-26(36)30-22-13-11-21(12-14-22)25-23(18-32(4)17-20-9-7-6-8-10-20)34-24(35)15-16-33(27(34)31-25)28(37)38-19(2)3/h6-16,19,23,25,27,31H,5,17-18H2,1-4H3,(H2,29,30,36). The number of fused-ring (bicyclic) bond motifs is 1. The van der Waals surface area contributed by atoms with E-state index in [2.05, 4.69) is 33.0 Å². The lowest BCUT2D eigenvalue weighted by atomic mass is 9.99. The van der Waals surface area contributed by atoms with Crippen molar-refractivity contribution < 1.29 is 19.1 Å². The summed E-state index contributed by atoms with van der Waals surface area (Å²) < 4.78 is 5.44. The number of ether oxygens (including phenoxy) is 1. The molecule has 2 aromatic carbocycles. The average Bonchev–Trinajstić information content (AvgIpc) is 3.24. The van der Waals surface area contributed by atoms with E-state index in [-0.39, 0.29) is 30.1 Å². The quantitative estimate of drug-likeness (QED) is 0.492. The zero-order valence-corrected chi connectivity index (χ0v) is 22.3. The zero-order valence-electron chi connectivity index (χ0n) is 22.3. The molecule has 1 fully saturated rings. The number of carbonyl (C=O) groups is 3. The minimum Gasteiger partial charge on any atom is -0.446 e. The van der Waals surface area contributed by atoms with Gasteiger partial charge in [0.15, 0.2) is 6.29 Å². The SMILES string of the molecule is CCNC(=O)Nc1ccc(C2NC3N(C(=O)OC(C)C)C=CC(=O)N3C2CN(C)Cc2ccccc2)cc1. The van der Waals surface area contributed by atoms with Gasteiger partial charge in [0, 0.05) is 37.6 Å². The molecule has 0 spiro atoms. The largest absolute Gasteiger partial charge is 0.446 e. The predicted molar refractivity (Wildman–Crippen MR) is 145 cm³/mol. The molecule has 2 heterocycles. The summed E-state index contributed by atoms with van der Waals surface area (Å²) in [4.78, 5) is 43.3. The van der Waals surface area contributed by atoms with Crippen molar-refractivity contribution in [1.29, 1.82) is 0 Å². The number of benzene rings is 2. The Morgan fingerprint density at radius 2 is 1.82 bits per heavy atom. The number of hydrogen-bond donors (Lipinski definition) is 3. The van der Waals surface area contributed by atoms with Crippen molar-refractivity contribution in [2.75, 3.05) is 25.5 Å². The van der Waals surface area contributed by atoms with Crippen LogP contribution in [-0.4, -0.2) is 71.3 Å². The number of carbonyl (C=O) groups excluding carboxylic acids is 3. The molecule has 3 unspecified atom stereocenters. The Balaban J connectivity index is 1.60. The van der Waals surface area contributed by atoms with E-state index in [9.17, 15) is 14.4 Å². The molecule has 0 aliphatic carbocycles. The van der Waals surface area contributed by atoms with Gasteiger partial charge in [-0.3, -0.25) is 19.9 Å². The van der Waals surface area contributed by atoms with Gasteiger partial charge in [0.05, 0.1) is 18.2 Å². The Labute approximate surface area is 223 Å². The van der Waals surface area contributed by atoms with Crippen molar-refractivity contribution in [2.45, 2.75) is 51.8 Å². The Hall–Kier alpha value is -3.89. The highest BCUT2D eigenvalue weighted by atomic mass is 16.6. The Bertz CT molecular complexity index is 1150. The average molecular weight is 521 g/mol. The molecule has 10 heteroatoms. The fraction of sp³-hybridized carbons (Fsp3) is 0.393. The van der Waals surface area contributed by atoms with Crippen molar-refractivity contribution in [3.05, 3.63) is 78.0 Å². The highest BCUT2D eigenvalue weighted by Crippen LogP contribution is 2.34. The van der Waals surface area contributed by atoms with Crippen LogP contribution in [0.3, 0.4) is 0 Å². The third kappa shape index (κ3) is 6.32. The number of likely N-dealkylation sites (N-methyl/N-ethyl adjacent to an activating group) is 1. The number of urea groups is 1. The van der Waals surface area contributed by atoms with Gasteiger partial charge in [-0.25, -0.2) is 14.5 Å². The molecule has 0 saturated carbocycles. The Morgan fingerprint density at radius 3 is 2.47 bits per heavy atom. The van der Waals surface area contributed by atoms with E-state index in [4.69, 9.17) is 4.74 Å². The van der Waals surface area contributed by atoms with E-state index in [0.29, 0.717) is 25.3 Å². The molecule has 4 rings (SSSR count). The second-order valence-corrected chi connectivity index (χ2v) is 9.78. The molecule has 4 amide bonds. The number of nitrogens with zero attached hydrogens (tertiary/aromatic N) is 3. The molecule has 0 radical (unpaired) electrons. The number of anilines is 1. The topological polar surface area (TPSA) is 106 Å². The number of nitrogens with one attached hydrogen (secondary N) is 3. The summed E-state index contributed by atoms with van der Waals surface area (Å²) in [6.07, 6.45) is 1.38. The van der Waals surface area contributed by atoms with Crippen LogP contribution in [0.2, 0.25) is 0 Å². The lowest BCUT2D eigenvalue weighted by molar-refractivity contribution is -0.133. The maximum absolute atomic E-state index is 13.2. The van der Waals surface area contributed by atoms with Crippen LogP contribution >= 0.6 is 0 Å². The molecule has 0 aromatic heterocycles. The zero-order chi connectivity index (χ0) is 27.2. The molecule has 3 N–H and O–H groups in total. The van der Waals surface area contributed by atoms with Gasteiger partial charge < -0.3 is 15.4 Å². The molecule has 0 bridgehead atoms. The number of amides is 4. The molecule has 1 saturated heterocycles. The van der Waals surface area contributed by atoms with Crippen LogP contribution in [0.4, 0.5) is 15.3 Å². The maximum Gasteiger partial charge on any atom is 0.416 e. The lowest BCUT2D eigenvalue weighted by Gasteiger charge is -2.38. The third-order valence-corrected chi connectivity index (χ3v) is 6.44. The summed E-state index contributed by atoms with van der Waals surface area (Å²) in [6.45, 7) is 7.24. The molecule has 2 aromatic rings. The lowest BCUT2D eigenvalue weighted by Crippen LogP contribution is -2.57. The molecule has 3 atom stereocenters. The van der Waals surface area contributed by atoms with Crippen LogP contribution in [0.25, 0.3) is 0 Å². The van der Waals surface area contributed by atoms with Crippen LogP contribution in [0, 0.1) is 0 Å². The molecule has 38 heavy (non-hydrogen) atoms. The van der Waals surface area contributed by atoms with Gasteiger partial charge in [0.1, 0.15) is 0 Å². The molecule has 2 aliphatic heterocycles. The summed E-state index contributed by atoms with van der Waals surface area (Å²) >= 11 is 0. The van der Waals surface area contributed by atoms with Gasteiger partial charge in [-0.05, 0) is 51.1 Å². The molecule has 2 aliphatic rings. The first-order valence-corrected chi connectivity index (χ1v) is 12.9. The Kier molecular flexibility index (Phi) is 8.65. The van der Waals surface area contributed by atoms with E-state index in [1.807, 2.05) is 56.4 Å². The summed E-state index contributed by atoms with van der Waals surface area (Å²) in [5.41, 5.74) is 2.76. The van der Waals surface area contributed by atoms with Crippen molar-refractivity contribution in [2.24, 2.45) is 0 Å². The monoisotopic (exact) mass is 520 g/mol. The smallest absolute Gasteiger partial charge is 0.416 e. The van der Waals surface area contributed by atoms with Crippen molar-refractivity contribution in [1.82, 2.24) is 25.3 Å². The van der Waals surface area contributed by atoms with E-state index in [0.717, 1.165) is 5.56 Å². The molecule has 10 nitrogen and oxygen atoms in total. The van der Waals surface area contributed by atoms with Gasteiger partial charge in [-0.1, -0.05) is 42.5 Å². The first-order valence-electron chi connectivity index (χ1n) is 12.9. The molecular formula is C28H36N6O4. The van der Waals surface area contributed by atoms with Gasteiger partial charge in [0.25, 0.3) is 5.91 Å². The van der Waals surface area contributed by atoms with Gasteiger partial charge in [0.2, 0.25) is 0 Å². The third-order valence-electron chi connectivity index (χ3n) is 6.44. The summed E-state index contributed by atoms with van der Waals surface area (Å²) in [6, 6.07) is 16.8. The van der Waals surface area contributed by atoms with E-state index in [1.165, 1.54) is 22.7 Å². The normalized spacial score (nSPS) is 20.6. The first-order chi connectivity index (χ1) is 18.3. The predicted octanol–water partition coefficient (Wildman–Crippen LogP) is 3.46. The summed E-state index contributed by atoms with van der Waals surface area (Å²) in [7, 11) is 2.02. The Morgan fingerprint density at radius 1 is 1.11 bits per heavy atom. The highest BCUT2D eigenvalue weighted by Gasteiger charge is 2.49. The minimum atomic E-state index is -0.688. The van der Waals surface area contributed by atoms with Crippen molar-refractivity contribution in [3.63, 3.8) is 0 Å². The van der Waals surface area contributed by atoms with E-state index in [1.54, 1.807) is 18.7 Å². The van der Waals surface area contributed by atoms with Crippen LogP contribution in [0.15, 0.2) is 66.9 Å². The fourth-order valence-electron chi connectivity index (χ4n) is 4.83. The van der Waals surface area contributed by atoms with Crippen molar-refractivity contribution in [3.8, 4) is 0 Å².